The van der Waals surface area contributed by atoms with E-state index in [0.29, 0.717) is 6.54 Å². The molecule has 1 N–H and O–H groups in total. The SMILES string of the molecule is CCOC(=O)C1=C(N2CCN(C)CC2)c2ccccc2N(CC)[NH+]1[O-]. The second-order valence-corrected chi connectivity index (χ2v) is 6.30. The average molecular weight is 346 g/mol. The number of carbonyl (C=O) groups excluding carboxylic acids is 1. The normalized spacial score (nSPS) is 21.4. The summed E-state index contributed by atoms with van der Waals surface area (Å²) in [5.41, 5.74) is 2.66. The van der Waals surface area contributed by atoms with Crippen molar-refractivity contribution in [2.24, 2.45) is 0 Å². The lowest BCUT2D eigenvalue weighted by Crippen LogP contribution is -3.15. The highest BCUT2D eigenvalue weighted by molar-refractivity contribution is 5.97. The minimum Gasteiger partial charge on any atom is -0.602 e. The molecule has 0 saturated carbocycles. The molecule has 0 aliphatic carbocycles. The van der Waals surface area contributed by atoms with Crippen LogP contribution in [0, 0.1) is 5.21 Å². The van der Waals surface area contributed by atoms with Crippen LogP contribution in [0.15, 0.2) is 30.0 Å². The minimum atomic E-state index is -0.533. The van der Waals surface area contributed by atoms with E-state index in [-0.39, 0.29) is 17.5 Å². The Hall–Kier alpha value is -2.09. The smallest absolute Gasteiger partial charge is 0.397 e. The maximum Gasteiger partial charge on any atom is 0.397 e. The molecule has 2 aliphatic heterocycles. The summed E-state index contributed by atoms with van der Waals surface area (Å²) in [6.45, 7) is 7.78. The summed E-state index contributed by atoms with van der Waals surface area (Å²) >= 11 is 0. The summed E-state index contributed by atoms with van der Waals surface area (Å²) in [7, 11) is 2.08. The number of esters is 1. The third kappa shape index (κ3) is 3.22. The van der Waals surface area contributed by atoms with Crippen LogP contribution >= 0.6 is 0 Å². The van der Waals surface area contributed by atoms with Gasteiger partial charge in [0.1, 0.15) is 5.70 Å². The van der Waals surface area contributed by atoms with Crippen LogP contribution in [0.3, 0.4) is 0 Å². The lowest BCUT2D eigenvalue weighted by molar-refractivity contribution is -0.812. The molecule has 25 heavy (non-hydrogen) atoms. The Morgan fingerprint density at radius 1 is 1.20 bits per heavy atom. The molecule has 1 aromatic carbocycles. The first kappa shape index (κ1) is 17.7. The molecular weight excluding hydrogens is 320 g/mol. The quantitative estimate of drug-likeness (QED) is 0.625. The predicted molar refractivity (Wildman–Crippen MR) is 96.4 cm³/mol. The highest BCUT2D eigenvalue weighted by atomic mass is 16.6. The predicted octanol–water partition coefficient (Wildman–Crippen LogP) is 0.303. The number of rotatable bonds is 4. The number of hydrogen-bond acceptors (Lipinski definition) is 6. The number of carbonyl (C=O) groups is 1. The van der Waals surface area contributed by atoms with Gasteiger partial charge in [0.2, 0.25) is 0 Å². The van der Waals surface area contributed by atoms with E-state index in [2.05, 4.69) is 16.8 Å². The molecule has 1 aromatic rings. The van der Waals surface area contributed by atoms with E-state index in [1.165, 1.54) is 0 Å². The summed E-state index contributed by atoms with van der Waals surface area (Å²) in [4.78, 5) is 17.0. The zero-order chi connectivity index (χ0) is 18.0. The van der Waals surface area contributed by atoms with Gasteiger partial charge >= 0.3 is 5.97 Å². The molecule has 0 aromatic heterocycles. The van der Waals surface area contributed by atoms with Crippen molar-refractivity contribution in [2.75, 3.05) is 51.4 Å². The van der Waals surface area contributed by atoms with Crippen LogP contribution < -0.4 is 10.2 Å². The van der Waals surface area contributed by atoms with Crippen molar-refractivity contribution in [1.29, 1.82) is 0 Å². The fraction of sp³-hybridized carbons (Fsp3) is 0.500. The minimum absolute atomic E-state index is 0.159. The van der Waals surface area contributed by atoms with Gasteiger partial charge in [-0.05, 0) is 27.0 Å². The standard InChI is InChI=1S/C18H26N4O3/c1-4-21-15-9-7-6-8-14(15)16(20-12-10-19(3)11-13-20)17(22(21)24)18(23)25-5-2/h6-9,22H,4-5,10-13H2,1-3H3. The molecule has 1 fully saturated rings. The van der Waals surface area contributed by atoms with Crippen molar-refractivity contribution in [3.8, 4) is 0 Å². The number of nitrogens with zero attached hydrogens (tertiary/aromatic N) is 3. The number of nitrogens with one attached hydrogen (secondary N) is 1. The molecule has 7 heteroatoms. The van der Waals surface area contributed by atoms with Crippen molar-refractivity contribution in [3.63, 3.8) is 0 Å². The molecule has 1 unspecified atom stereocenters. The Morgan fingerprint density at radius 2 is 1.88 bits per heavy atom. The first-order chi connectivity index (χ1) is 12.1. The van der Waals surface area contributed by atoms with Gasteiger partial charge in [-0.2, -0.15) is 0 Å². The van der Waals surface area contributed by atoms with E-state index in [1.54, 1.807) is 11.9 Å². The van der Waals surface area contributed by atoms with Crippen LogP contribution in [-0.2, 0) is 9.53 Å². The van der Waals surface area contributed by atoms with Gasteiger partial charge in [0, 0.05) is 31.7 Å². The van der Waals surface area contributed by atoms with Gasteiger partial charge in [-0.1, -0.05) is 18.2 Å². The Bertz CT molecular complexity index is 668. The highest BCUT2D eigenvalue weighted by Gasteiger charge is 2.38. The summed E-state index contributed by atoms with van der Waals surface area (Å²) in [5.74, 6) is -0.533. The molecular formula is C18H26N4O3. The number of anilines is 1. The molecule has 3 rings (SSSR count). The number of hydrogen-bond donors (Lipinski definition) is 1. The van der Waals surface area contributed by atoms with Crippen molar-refractivity contribution in [3.05, 3.63) is 40.7 Å². The summed E-state index contributed by atoms with van der Waals surface area (Å²) in [5, 5.41) is 14.5. The van der Waals surface area contributed by atoms with E-state index in [1.807, 2.05) is 31.2 Å². The largest absolute Gasteiger partial charge is 0.602 e. The lowest BCUT2D eigenvalue weighted by atomic mass is 10.0. The molecule has 0 bridgehead atoms. The van der Waals surface area contributed by atoms with Crippen molar-refractivity contribution < 1.29 is 14.7 Å². The number of ether oxygens (including phenoxy) is 1. The van der Waals surface area contributed by atoms with E-state index >= 15 is 0 Å². The number of piperazine rings is 1. The van der Waals surface area contributed by atoms with Crippen molar-refractivity contribution >= 4 is 17.4 Å². The molecule has 2 aliphatic rings. The van der Waals surface area contributed by atoms with Gasteiger partial charge < -0.3 is 19.7 Å². The average Bonchev–Trinajstić information content (AvgIpc) is 2.62. The molecule has 0 spiro atoms. The molecule has 1 atom stereocenters. The third-order valence-electron chi connectivity index (χ3n) is 4.76. The van der Waals surface area contributed by atoms with E-state index in [4.69, 9.17) is 4.74 Å². The molecule has 7 nitrogen and oxygen atoms in total. The highest BCUT2D eigenvalue weighted by Crippen LogP contribution is 2.33. The summed E-state index contributed by atoms with van der Waals surface area (Å²) in [6, 6.07) is 7.79. The van der Waals surface area contributed by atoms with Crippen molar-refractivity contribution in [1.82, 2.24) is 9.80 Å². The number of benzene rings is 1. The first-order valence-corrected chi connectivity index (χ1v) is 8.84. The lowest BCUT2D eigenvalue weighted by Gasteiger charge is -2.44. The number of likely N-dealkylation sites (N-methyl/N-ethyl adjacent to an activating group) is 1. The van der Waals surface area contributed by atoms with Gasteiger partial charge in [0.15, 0.2) is 0 Å². The monoisotopic (exact) mass is 346 g/mol. The maximum absolute atomic E-state index is 13.1. The maximum atomic E-state index is 13.1. The molecule has 2 heterocycles. The van der Waals surface area contributed by atoms with Gasteiger partial charge in [0.25, 0.3) is 5.70 Å². The molecule has 1 saturated heterocycles. The third-order valence-corrected chi connectivity index (χ3v) is 4.76. The van der Waals surface area contributed by atoms with Crippen LogP contribution in [0.5, 0.6) is 0 Å². The Morgan fingerprint density at radius 3 is 2.52 bits per heavy atom. The van der Waals surface area contributed by atoms with Crippen LogP contribution in [0.4, 0.5) is 5.69 Å². The first-order valence-electron chi connectivity index (χ1n) is 8.84. The van der Waals surface area contributed by atoms with Crippen LogP contribution in [0.25, 0.3) is 5.70 Å². The van der Waals surface area contributed by atoms with Gasteiger partial charge in [-0.15, -0.1) is 0 Å². The van der Waals surface area contributed by atoms with E-state index < -0.39 is 5.97 Å². The Labute approximate surface area is 148 Å². The topological polar surface area (TPSA) is 63.5 Å². The van der Waals surface area contributed by atoms with Gasteiger partial charge in [0.05, 0.1) is 18.8 Å². The fourth-order valence-corrected chi connectivity index (χ4v) is 3.45. The Balaban J connectivity index is 2.14. The van der Waals surface area contributed by atoms with E-state index in [9.17, 15) is 10.0 Å². The fourth-order valence-electron chi connectivity index (χ4n) is 3.45. The van der Waals surface area contributed by atoms with Crippen LogP contribution in [0.1, 0.15) is 19.4 Å². The van der Waals surface area contributed by atoms with Gasteiger partial charge in [-0.25, -0.2) is 15.0 Å². The zero-order valence-corrected chi connectivity index (χ0v) is 15.1. The zero-order valence-electron chi connectivity index (χ0n) is 15.1. The van der Waals surface area contributed by atoms with Crippen molar-refractivity contribution in [2.45, 2.75) is 13.8 Å². The Kier molecular flexibility index (Phi) is 5.27. The summed E-state index contributed by atoms with van der Waals surface area (Å²) in [6.07, 6.45) is 0. The molecule has 0 amide bonds. The molecule has 136 valence electrons. The second kappa shape index (κ2) is 7.43. The van der Waals surface area contributed by atoms with Gasteiger partial charge in [-0.3, -0.25) is 0 Å². The molecule has 0 radical (unpaired) electrons. The summed E-state index contributed by atoms with van der Waals surface area (Å²) < 4.78 is 5.22. The van der Waals surface area contributed by atoms with Crippen LogP contribution in [0.2, 0.25) is 0 Å². The number of para-hydroxylation sites is 1. The van der Waals surface area contributed by atoms with E-state index in [0.717, 1.165) is 43.1 Å². The number of quaternary nitrogens is 1. The number of fused-ring (bicyclic) bond motifs is 1. The number of hydroxylamine groups is 1. The van der Waals surface area contributed by atoms with Crippen LogP contribution in [-0.4, -0.2) is 62.1 Å². The second-order valence-electron chi connectivity index (χ2n) is 6.30.